The number of benzene rings is 1. The Bertz CT molecular complexity index is 632. The number of ether oxygens (including phenoxy) is 1. The molecule has 2 heterocycles. The van der Waals surface area contributed by atoms with E-state index in [1.165, 1.54) is 0 Å². The first-order chi connectivity index (χ1) is 12.3. The lowest BCUT2D eigenvalue weighted by Crippen LogP contribution is -2.51. The van der Waals surface area contributed by atoms with Crippen LogP contribution in [0.15, 0.2) is 30.3 Å². The van der Waals surface area contributed by atoms with Gasteiger partial charge in [-0.2, -0.15) is 13.2 Å². The summed E-state index contributed by atoms with van der Waals surface area (Å²) in [5, 5.41) is 12.5. The monoisotopic (exact) mass is 372 g/mol. The van der Waals surface area contributed by atoms with E-state index in [9.17, 15) is 23.1 Å². The number of hydrogen-bond donors (Lipinski definition) is 2. The molecular formula is C18H23F3N2O3. The van der Waals surface area contributed by atoms with Gasteiger partial charge in [0.05, 0.1) is 6.54 Å². The van der Waals surface area contributed by atoms with E-state index in [-0.39, 0.29) is 12.0 Å². The minimum atomic E-state index is -4.74. The van der Waals surface area contributed by atoms with Crippen molar-refractivity contribution in [3.8, 4) is 0 Å². The minimum absolute atomic E-state index is 0.122. The quantitative estimate of drug-likeness (QED) is 0.857. The topological polar surface area (TPSA) is 61.8 Å². The van der Waals surface area contributed by atoms with Crippen LogP contribution < -0.4 is 5.32 Å². The highest BCUT2D eigenvalue weighted by Gasteiger charge is 2.57. The standard InChI is InChI=1S/C18H23F3N2O3/c19-18(20,21)17(25)6-9-23(13-17)15(24)22-12-16(7-10-26-11-8-16)14-4-2-1-3-5-14/h1-5,25H,6-13H2,(H,22,24). The first kappa shape index (κ1) is 19.0. The summed E-state index contributed by atoms with van der Waals surface area (Å²) < 4.78 is 44.2. The molecule has 26 heavy (non-hydrogen) atoms. The van der Waals surface area contributed by atoms with E-state index < -0.39 is 30.8 Å². The van der Waals surface area contributed by atoms with Crippen LogP contribution in [0.25, 0.3) is 0 Å². The maximum Gasteiger partial charge on any atom is 0.419 e. The van der Waals surface area contributed by atoms with Crippen LogP contribution in [0.3, 0.4) is 0 Å². The van der Waals surface area contributed by atoms with Gasteiger partial charge in [0.25, 0.3) is 0 Å². The Hall–Kier alpha value is -1.80. The summed E-state index contributed by atoms with van der Waals surface area (Å²) >= 11 is 0. The van der Waals surface area contributed by atoms with Crippen LogP contribution in [0.2, 0.25) is 0 Å². The van der Waals surface area contributed by atoms with Crippen molar-refractivity contribution in [2.45, 2.75) is 36.5 Å². The maximum absolute atomic E-state index is 12.9. The summed E-state index contributed by atoms with van der Waals surface area (Å²) in [4.78, 5) is 13.4. The van der Waals surface area contributed by atoms with Crippen LogP contribution in [0, 0.1) is 0 Å². The Kier molecular flexibility index (Phi) is 5.16. The first-order valence-corrected chi connectivity index (χ1v) is 8.71. The van der Waals surface area contributed by atoms with Crippen molar-refractivity contribution in [2.75, 3.05) is 32.8 Å². The predicted octanol–water partition coefficient (Wildman–Crippen LogP) is 2.44. The molecule has 3 rings (SSSR count). The molecule has 0 spiro atoms. The van der Waals surface area contributed by atoms with Crippen LogP contribution in [0.1, 0.15) is 24.8 Å². The van der Waals surface area contributed by atoms with Crippen molar-refractivity contribution >= 4 is 6.03 Å². The molecule has 1 aromatic rings. The van der Waals surface area contributed by atoms with Crippen molar-refractivity contribution in [3.05, 3.63) is 35.9 Å². The number of alkyl halides is 3. The zero-order valence-electron chi connectivity index (χ0n) is 14.4. The van der Waals surface area contributed by atoms with E-state index >= 15 is 0 Å². The van der Waals surface area contributed by atoms with Crippen molar-refractivity contribution in [1.82, 2.24) is 10.2 Å². The molecule has 2 N–H and O–H groups in total. The number of carbonyl (C=O) groups excluding carboxylic acids is 1. The van der Waals surface area contributed by atoms with Crippen molar-refractivity contribution < 1.29 is 27.8 Å². The molecule has 2 amide bonds. The number of urea groups is 1. The van der Waals surface area contributed by atoms with Gasteiger partial charge in [-0.25, -0.2) is 4.79 Å². The number of halogens is 3. The molecule has 5 nitrogen and oxygen atoms in total. The number of hydrogen-bond acceptors (Lipinski definition) is 3. The fourth-order valence-corrected chi connectivity index (χ4v) is 3.68. The fourth-order valence-electron chi connectivity index (χ4n) is 3.68. The smallest absolute Gasteiger partial charge is 0.381 e. The lowest BCUT2D eigenvalue weighted by Gasteiger charge is -2.38. The average Bonchev–Trinajstić information content (AvgIpc) is 3.05. The third-order valence-electron chi connectivity index (χ3n) is 5.48. The molecule has 0 saturated carbocycles. The highest BCUT2D eigenvalue weighted by Crippen LogP contribution is 2.38. The van der Waals surface area contributed by atoms with Crippen LogP contribution in [-0.2, 0) is 10.2 Å². The summed E-state index contributed by atoms with van der Waals surface area (Å²) in [6.07, 6.45) is -3.79. The Morgan fingerprint density at radius 2 is 1.85 bits per heavy atom. The minimum Gasteiger partial charge on any atom is -0.381 e. The lowest BCUT2D eigenvalue weighted by atomic mass is 9.74. The van der Waals surface area contributed by atoms with Gasteiger partial charge >= 0.3 is 12.2 Å². The summed E-state index contributed by atoms with van der Waals surface area (Å²) in [7, 11) is 0. The second-order valence-corrected chi connectivity index (χ2v) is 7.12. The van der Waals surface area contributed by atoms with Gasteiger partial charge in [0.2, 0.25) is 0 Å². The molecule has 0 radical (unpaired) electrons. The predicted molar refractivity (Wildman–Crippen MR) is 88.8 cm³/mol. The van der Waals surface area contributed by atoms with Gasteiger partial charge in [-0.15, -0.1) is 0 Å². The first-order valence-electron chi connectivity index (χ1n) is 8.71. The molecule has 0 aliphatic carbocycles. The van der Waals surface area contributed by atoms with Gasteiger partial charge in [0.1, 0.15) is 0 Å². The van der Waals surface area contributed by atoms with Crippen LogP contribution in [0.4, 0.5) is 18.0 Å². The number of nitrogens with zero attached hydrogens (tertiary/aromatic N) is 1. The molecule has 0 bridgehead atoms. The van der Waals surface area contributed by atoms with Crippen LogP contribution in [-0.4, -0.2) is 60.7 Å². The largest absolute Gasteiger partial charge is 0.419 e. The number of amides is 2. The van der Waals surface area contributed by atoms with Gasteiger partial charge in [-0.1, -0.05) is 30.3 Å². The molecule has 2 saturated heterocycles. The molecule has 2 aliphatic heterocycles. The summed E-state index contributed by atoms with van der Waals surface area (Å²) in [6, 6.07) is 9.19. The van der Waals surface area contributed by atoms with Crippen LogP contribution in [0.5, 0.6) is 0 Å². The molecule has 8 heteroatoms. The maximum atomic E-state index is 12.9. The fraction of sp³-hybridized carbons (Fsp3) is 0.611. The van der Waals surface area contributed by atoms with Gasteiger partial charge in [0.15, 0.2) is 5.60 Å². The van der Waals surface area contributed by atoms with E-state index in [1.807, 2.05) is 30.3 Å². The molecule has 144 valence electrons. The van der Waals surface area contributed by atoms with E-state index in [1.54, 1.807) is 0 Å². The summed E-state index contributed by atoms with van der Waals surface area (Å²) in [5.74, 6) is 0. The van der Waals surface area contributed by atoms with E-state index in [0.29, 0.717) is 19.8 Å². The molecular weight excluding hydrogens is 349 g/mol. The SMILES string of the molecule is O=C(NCC1(c2ccccc2)CCOCC1)N1CCC(O)(C(F)(F)F)C1. The van der Waals surface area contributed by atoms with Crippen molar-refractivity contribution in [1.29, 1.82) is 0 Å². The van der Waals surface area contributed by atoms with Crippen molar-refractivity contribution in [3.63, 3.8) is 0 Å². The zero-order chi connectivity index (χ0) is 18.8. The second kappa shape index (κ2) is 7.08. The van der Waals surface area contributed by atoms with Gasteiger partial charge in [0, 0.05) is 38.1 Å². The Labute approximate surface area is 150 Å². The zero-order valence-corrected chi connectivity index (χ0v) is 14.4. The number of β-amino-alcohol motifs (C(OH)–C–C–N with tert-alkyl or cyclic N) is 1. The summed E-state index contributed by atoms with van der Waals surface area (Å²) in [6.45, 7) is 0.609. The normalized spacial score (nSPS) is 25.9. The number of carbonyl (C=O) groups is 1. The Morgan fingerprint density at radius 1 is 1.19 bits per heavy atom. The lowest BCUT2D eigenvalue weighted by molar-refractivity contribution is -0.253. The highest BCUT2D eigenvalue weighted by atomic mass is 19.4. The van der Waals surface area contributed by atoms with E-state index in [4.69, 9.17) is 4.74 Å². The number of likely N-dealkylation sites (tertiary alicyclic amines) is 1. The van der Waals surface area contributed by atoms with E-state index in [2.05, 4.69) is 5.32 Å². The summed E-state index contributed by atoms with van der Waals surface area (Å²) in [5.41, 5.74) is -2.04. The molecule has 2 aliphatic rings. The number of aliphatic hydroxyl groups is 1. The Balaban J connectivity index is 1.66. The molecule has 1 atom stereocenters. The van der Waals surface area contributed by atoms with Gasteiger partial charge < -0.3 is 20.1 Å². The van der Waals surface area contributed by atoms with Gasteiger partial charge in [-0.3, -0.25) is 0 Å². The number of nitrogens with one attached hydrogen (secondary N) is 1. The average molecular weight is 372 g/mol. The number of rotatable bonds is 3. The van der Waals surface area contributed by atoms with Gasteiger partial charge in [-0.05, 0) is 18.4 Å². The molecule has 2 fully saturated rings. The molecule has 1 aromatic carbocycles. The van der Waals surface area contributed by atoms with E-state index in [0.717, 1.165) is 23.3 Å². The molecule has 0 aromatic heterocycles. The second-order valence-electron chi connectivity index (χ2n) is 7.12. The third kappa shape index (κ3) is 3.66. The highest BCUT2D eigenvalue weighted by molar-refractivity contribution is 5.75. The molecule has 1 unspecified atom stereocenters. The third-order valence-corrected chi connectivity index (χ3v) is 5.48. The van der Waals surface area contributed by atoms with Crippen molar-refractivity contribution in [2.24, 2.45) is 0 Å². The van der Waals surface area contributed by atoms with Crippen LogP contribution >= 0.6 is 0 Å². The Morgan fingerprint density at radius 3 is 2.42 bits per heavy atom.